The largest absolute Gasteiger partial charge is 0.379 e. The maximum Gasteiger partial charge on any atom is 0.266 e. The van der Waals surface area contributed by atoms with Crippen LogP contribution in [-0.4, -0.2) is 59.4 Å². The third-order valence-corrected chi connectivity index (χ3v) is 5.33. The van der Waals surface area contributed by atoms with Crippen LogP contribution in [0.5, 0.6) is 0 Å². The van der Waals surface area contributed by atoms with E-state index in [9.17, 15) is 4.79 Å². The van der Waals surface area contributed by atoms with E-state index in [-0.39, 0.29) is 5.91 Å². The zero-order chi connectivity index (χ0) is 16.9. The molecular weight excluding hydrogens is 342 g/mol. The molecular formula is C17H17N3O2S2. The van der Waals surface area contributed by atoms with Crippen LogP contribution < -0.4 is 0 Å². The van der Waals surface area contributed by atoms with E-state index in [1.807, 2.05) is 18.2 Å². The Morgan fingerprint density at radius 1 is 1.25 bits per heavy atom. The molecule has 7 heteroatoms. The van der Waals surface area contributed by atoms with Gasteiger partial charge in [-0.05, 0) is 23.8 Å². The van der Waals surface area contributed by atoms with Gasteiger partial charge in [-0.3, -0.25) is 14.6 Å². The fourth-order valence-electron chi connectivity index (χ4n) is 2.56. The summed E-state index contributed by atoms with van der Waals surface area (Å²) in [5.74, 6) is -0.0392. The molecule has 0 unspecified atom stereocenters. The van der Waals surface area contributed by atoms with Crippen LogP contribution in [0.4, 0.5) is 0 Å². The van der Waals surface area contributed by atoms with Gasteiger partial charge in [0.05, 0.1) is 29.8 Å². The highest BCUT2D eigenvalue weighted by Gasteiger charge is 2.32. The molecule has 0 saturated carbocycles. The summed E-state index contributed by atoms with van der Waals surface area (Å²) in [4.78, 5) is 17.2. The van der Waals surface area contributed by atoms with Crippen molar-refractivity contribution in [2.75, 3.05) is 39.4 Å². The summed E-state index contributed by atoms with van der Waals surface area (Å²) in [6.07, 6.45) is 1.83. The van der Waals surface area contributed by atoms with E-state index in [4.69, 9.17) is 22.2 Å². The highest BCUT2D eigenvalue weighted by molar-refractivity contribution is 8.26. The van der Waals surface area contributed by atoms with Gasteiger partial charge in [-0.2, -0.15) is 5.26 Å². The van der Waals surface area contributed by atoms with E-state index in [1.54, 1.807) is 17.0 Å². The van der Waals surface area contributed by atoms with Gasteiger partial charge in [-0.15, -0.1) is 0 Å². The number of nitrogens with zero attached hydrogens (tertiary/aromatic N) is 3. The van der Waals surface area contributed by atoms with Crippen LogP contribution >= 0.6 is 24.0 Å². The maximum absolute atomic E-state index is 12.6. The van der Waals surface area contributed by atoms with Crippen LogP contribution in [0.25, 0.3) is 6.08 Å². The average Bonchev–Trinajstić information content (AvgIpc) is 2.88. The zero-order valence-corrected chi connectivity index (χ0v) is 14.7. The number of ether oxygens (including phenoxy) is 1. The average molecular weight is 359 g/mol. The van der Waals surface area contributed by atoms with Crippen LogP contribution in [0.2, 0.25) is 0 Å². The lowest BCUT2D eigenvalue weighted by atomic mass is 10.1. The molecule has 2 fully saturated rings. The molecule has 2 saturated heterocycles. The molecule has 3 rings (SSSR count). The fourth-order valence-corrected chi connectivity index (χ4v) is 3.87. The molecule has 1 aromatic rings. The number of amides is 1. The van der Waals surface area contributed by atoms with Crippen LogP contribution in [-0.2, 0) is 9.53 Å². The second-order valence-electron chi connectivity index (χ2n) is 5.52. The Bertz CT molecular complexity index is 704. The van der Waals surface area contributed by atoms with Crippen LogP contribution in [0.15, 0.2) is 29.2 Å². The third kappa shape index (κ3) is 4.02. The van der Waals surface area contributed by atoms with Crippen molar-refractivity contribution in [1.82, 2.24) is 9.80 Å². The normalized spacial score (nSPS) is 20.6. The number of carbonyl (C=O) groups excluding carboxylic acids is 1. The van der Waals surface area contributed by atoms with Crippen molar-refractivity contribution in [3.63, 3.8) is 0 Å². The summed E-state index contributed by atoms with van der Waals surface area (Å²) in [5, 5.41) is 8.83. The lowest BCUT2D eigenvalue weighted by Gasteiger charge is -2.28. The first-order valence-electron chi connectivity index (χ1n) is 7.73. The number of rotatable bonds is 4. The Morgan fingerprint density at radius 2 is 1.96 bits per heavy atom. The molecule has 124 valence electrons. The van der Waals surface area contributed by atoms with Crippen molar-refractivity contribution in [2.24, 2.45) is 0 Å². The molecule has 2 aliphatic heterocycles. The van der Waals surface area contributed by atoms with Gasteiger partial charge in [0.15, 0.2) is 0 Å². The van der Waals surface area contributed by atoms with Crippen molar-refractivity contribution in [3.8, 4) is 6.07 Å². The third-order valence-electron chi connectivity index (χ3n) is 3.95. The molecule has 5 nitrogen and oxygen atoms in total. The van der Waals surface area contributed by atoms with E-state index in [2.05, 4.69) is 11.0 Å². The van der Waals surface area contributed by atoms with Gasteiger partial charge in [-0.25, -0.2) is 0 Å². The fraction of sp³-hybridized carbons (Fsp3) is 0.353. The van der Waals surface area contributed by atoms with E-state index in [0.29, 0.717) is 21.3 Å². The predicted molar refractivity (Wildman–Crippen MR) is 98.3 cm³/mol. The topological polar surface area (TPSA) is 56.6 Å². The first-order chi connectivity index (χ1) is 11.7. The molecule has 0 radical (unpaired) electrons. The van der Waals surface area contributed by atoms with Crippen molar-refractivity contribution >= 4 is 40.3 Å². The maximum atomic E-state index is 12.6. The molecule has 2 heterocycles. The van der Waals surface area contributed by atoms with Gasteiger partial charge in [0.2, 0.25) is 0 Å². The molecule has 0 atom stereocenters. The van der Waals surface area contributed by atoms with Crippen LogP contribution in [0, 0.1) is 11.3 Å². The summed E-state index contributed by atoms with van der Waals surface area (Å²) in [7, 11) is 0. The number of benzene rings is 1. The lowest BCUT2D eigenvalue weighted by Crippen LogP contribution is -2.42. The number of hydrogen-bond donors (Lipinski definition) is 0. The number of morpholine rings is 1. The predicted octanol–water partition coefficient (Wildman–Crippen LogP) is 2.09. The minimum atomic E-state index is -0.0392. The van der Waals surface area contributed by atoms with Gasteiger partial charge in [0.1, 0.15) is 4.32 Å². The summed E-state index contributed by atoms with van der Waals surface area (Å²) in [5.41, 5.74) is 1.49. The molecule has 0 spiro atoms. The Hall–Kier alpha value is -1.72. The molecule has 0 aliphatic carbocycles. The molecule has 24 heavy (non-hydrogen) atoms. The smallest absolute Gasteiger partial charge is 0.266 e. The highest BCUT2D eigenvalue weighted by Crippen LogP contribution is 2.32. The summed E-state index contributed by atoms with van der Waals surface area (Å²) >= 11 is 6.69. The molecule has 0 bridgehead atoms. The molecule has 0 N–H and O–H groups in total. The number of nitriles is 1. The summed E-state index contributed by atoms with van der Waals surface area (Å²) in [6.45, 7) is 4.70. The van der Waals surface area contributed by atoms with Crippen molar-refractivity contribution in [2.45, 2.75) is 0 Å². The Labute approximate surface area is 150 Å². The Morgan fingerprint density at radius 3 is 2.62 bits per heavy atom. The van der Waals surface area contributed by atoms with Crippen LogP contribution in [0.3, 0.4) is 0 Å². The minimum Gasteiger partial charge on any atom is -0.379 e. The second kappa shape index (κ2) is 7.90. The van der Waals surface area contributed by atoms with Crippen molar-refractivity contribution in [1.29, 1.82) is 5.26 Å². The molecule has 1 amide bonds. The van der Waals surface area contributed by atoms with Gasteiger partial charge >= 0.3 is 0 Å². The molecule has 0 aromatic heterocycles. The van der Waals surface area contributed by atoms with E-state index in [1.165, 1.54) is 11.8 Å². The number of carbonyl (C=O) groups is 1. The Kier molecular flexibility index (Phi) is 5.63. The number of thioether (sulfide) groups is 1. The highest BCUT2D eigenvalue weighted by atomic mass is 32.2. The van der Waals surface area contributed by atoms with Gasteiger partial charge in [0.25, 0.3) is 5.91 Å². The first kappa shape index (κ1) is 17.1. The number of hydrogen-bond acceptors (Lipinski definition) is 6. The van der Waals surface area contributed by atoms with Crippen molar-refractivity contribution < 1.29 is 9.53 Å². The van der Waals surface area contributed by atoms with Gasteiger partial charge in [0, 0.05) is 26.2 Å². The van der Waals surface area contributed by atoms with Gasteiger partial charge in [-0.1, -0.05) is 36.1 Å². The van der Waals surface area contributed by atoms with Gasteiger partial charge < -0.3 is 4.74 Å². The monoisotopic (exact) mass is 359 g/mol. The minimum absolute atomic E-state index is 0.0392. The van der Waals surface area contributed by atoms with E-state index < -0.39 is 0 Å². The lowest BCUT2D eigenvalue weighted by molar-refractivity contribution is -0.122. The number of thiocarbonyl (C=S) groups is 1. The standard InChI is InChI=1S/C17H17N3O2S2/c18-12-14-3-1-13(2-4-14)11-15-16(21)20(17(23)24-15)6-5-19-7-9-22-10-8-19/h1-4,11H,5-10H2. The zero-order valence-electron chi connectivity index (χ0n) is 13.1. The summed E-state index contributed by atoms with van der Waals surface area (Å²) < 4.78 is 5.94. The molecule has 1 aromatic carbocycles. The quantitative estimate of drug-likeness (QED) is 0.606. The summed E-state index contributed by atoms with van der Waals surface area (Å²) in [6, 6.07) is 9.23. The van der Waals surface area contributed by atoms with E-state index >= 15 is 0 Å². The molecule has 2 aliphatic rings. The Balaban J connectivity index is 1.64. The second-order valence-corrected chi connectivity index (χ2v) is 7.20. The van der Waals surface area contributed by atoms with E-state index in [0.717, 1.165) is 38.4 Å². The SMILES string of the molecule is N#Cc1ccc(C=C2SC(=S)N(CCN3CCOCC3)C2=O)cc1. The van der Waals surface area contributed by atoms with Crippen LogP contribution in [0.1, 0.15) is 11.1 Å². The first-order valence-corrected chi connectivity index (χ1v) is 8.95. The van der Waals surface area contributed by atoms with Crippen molar-refractivity contribution in [3.05, 3.63) is 40.3 Å².